The Morgan fingerprint density at radius 3 is 2.19 bits per heavy atom. The molecule has 0 radical (unpaired) electrons. The summed E-state index contributed by atoms with van der Waals surface area (Å²) in [6, 6.07) is 8.11. The molecule has 1 aromatic rings. The van der Waals surface area contributed by atoms with Crippen molar-refractivity contribution in [1.29, 1.82) is 0 Å². The van der Waals surface area contributed by atoms with Crippen LogP contribution in [0.5, 0.6) is 0 Å². The molecule has 1 saturated heterocycles. The molecule has 3 atom stereocenters. The Kier molecular flexibility index (Phi) is 10.5. The molecule has 0 saturated carbocycles. The third-order valence-corrected chi connectivity index (χ3v) is 5.48. The third kappa shape index (κ3) is 9.09. The fraction of sp³-hybridized carbons (Fsp3) is 0.625. The van der Waals surface area contributed by atoms with Gasteiger partial charge in [0, 0.05) is 6.54 Å². The quantitative estimate of drug-likeness (QED) is 0.586. The number of carbonyl (C=O) groups excluding carboxylic acids is 3. The highest BCUT2D eigenvalue weighted by molar-refractivity contribution is 5.92. The van der Waals surface area contributed by atoms with Crippen LogP contribution in [0.15, 0.2) is 30.3 Å². The van der Waals surface area contributed by atoms with E-state index in [1.165, 1.54) is 0 Å². The molecule has 1 aromatic carbocycles. The van der Waals surface area contributed by atoms with Crippen LogP contribution in [0.3, 0.4) is 0 Å². The number of carbonyl (C=O) groups is 3. The number of hydrogen-bond acceptors (Lipinski definition) is 4. The predicted molar refractivity (Wildman–Crippen MR) is 122 cm³/mol. The Hall–Kier alpha value is -2.41. The first kappa shape index (κ1) is 24.9. The maximum Gasteiger partial charge on any atom is 0.242 e. The lowest BCUT2D eigenvalue weighted by Crippen LogP contribution is -2.56. The third-order valence-electron chi connectivity index (χ3n) is 5.48. The summed E-state index contributed by atoms with van der Waals surface area (Å²) in [4.78, 5) is 38.3. The molecule has 1 fully saturated rings. The second kappa shape index (κ2) is 13.1. The molecule has 2 rings (SSSR count). The van der Waals surface area contributed by atoms with Crippen molar-refractivity contribution in [2.45, 2.75) is 77.4 Å². The highest BCUT2D eigenvalue weighted by atomic mass is 16.2. The SMILES string of the molecule is CC(C)C[C@H]1NC(=O)[C@@H](C)NC(=O)[C@@H](Cc2ccccc2)NCCCCCCNC1=O. The van der Waals surface area contributed by atoms with Gasteiger partial charge in [-0.05, 0) is 50.6 Å². The Labute approximate surface area is 186 Å². The molecule has 3 amide bonds. The van der Waals surface area contributed by atoms with Gasteiger partial charge in [-0.3, -0.25) is 14.4 Å². The molecule has 7 nitrogen and oxygen atoms in total. The van der Waals surface area contributed by atoms with E-state index in [2.05, 4.69) is 21.3 Å². The summed E-state index contributed by atoms with van der Waals surface area (Å²) in [5.74, 6) is -0.453. The van der Waals surface area contributed by atoms with Gasteiger partial charge >= 0.3 is 0 Å². The van der Waals surface area contributed by atoms with Gasteiger partial charge in [-0.2, -0.15) is 0 Å². The maximum atomic E-state index is 13.0. The normalized spacial score (nSPS) is 24.9. The van der Waals surface area contributed by atoms with Gasteiger partial charge in [0.05, 0.1) is 6.04 Å². The van der Waals surface area contributed by atoms with Gasteiger partial charge in [-0.25, -0.2) is 0 Å². The van der Waals surface area contributed by atoms with Crippen LogP contribution in [0.2, 0.25) is 0 Å². The lowest BCUT2D eigenvalue weighted by molar-refractivity contribution is -0.132. The molecule has 4 N–H and O–H groups in total. The van der Waals surface area contributed by atoms with Gasteiger partial charge in [0.15, 0.2) is 0 Å². The molecule has 0 aromatic heterocycles. The highest BCUT2D eigenvalue weighted by Crippen LogP contribution is 2.08. The van der Waals surface area contributed by atoms with Crippen LogP contribution in [0.1, 0.15) is 58.4 Å². The molecular weight excluding hydrogens is 392 g/mol. The van der Waals surface area contributed by atoms with Crippen LogP contribution in [-0.4, -0.2) is 48.9 Å². The van der Waals surface area contributed by atoms with E-state index >= 15 is 0 Å². The molecule has 0 unspecified atom stereocenters. The van der Waals surface area contributed by atoms with Crippen molar-refractivity contribution in [1.82, 2.24) is 21.3 Å². The molecule has 1 heterocycles. The Morgan fingerprint density at radius 2 is 1.52 bits per heavy atom. The highest BCUT2D eigenvalue weighted by Gasteiger charge is 2.27. The van der Waals surface area contributed by atoms with E-state index in [-0.39, 0.29) is 23.6 Å². The Bertz CT molecular complexity index is 708. The van der Waals surface area contributed by atoms with Crippen LogP contribution in [-0.2, 0) is 20.8 Å². The maximum absolute atomic E-state index is 13.0. The Morgan fingerprint density at radius 1 is 0.839 bits per heavy atom. The first-order valence-electron chi connectivity index (χ1n) is 11.5. The number of nitrogens with one attached hydrogen (secondary N) is 4. The monoisotopic (exact) mass is 430 g/mol. The summed E-state index contributed by atoms with van der Waals surface area (Å²) in [5, 5.41) is 12.0. The molecule has 1 aliphatic rings. The molecule has 172 valence electrons. The van der Waals surface area contributed by atoms with Crippen molar-refractivity contribution in [3.63, 3.8) is 0 Å². The van der Waals surface area contributed by atoms with E-state index < -0.39 is 18.1 Å². The summed E-state index contributed by atoms with van der Waals surface area (Å²) >= 11 is 0. The molecular formula is C24H38N4O3. The van der Waals surface area contributed by atoms with E-state index in [1.807, 2.05) is 44.2 Å². The topological polar surface area (TPSA) is 99.3 Å². The first-order chi connectivity index (χ1) is 14.9. The molecule has 31 heavy (non-hydrogen) atoms. The van der Waals surface area contributed by atoms with Gasteiger partial charge in [0.1, 0.15) is 12.1 Å². The molecule has 0 aliphatic carbocycles. The molecule has 0 bridgehead atoms. The van der Waals surface area contributed by atoms with E-state index in [1.54, 1.807) is 6.92 Å². The molecule has 0 spiro atoms. The average molecular weight is 431 g/mol. The zero-order chi connectivity index (χ0) is 22.6. The van der Waals surface area contributed by atoms with Crippen LogP contribution in [0, 0.1) is 5.92 Å². The number of rotatable bonds is 4. The second-order valence-corrected chi connectivity index (χ2v) is 8.82. The minimum absolute atomic E-state index is 0.156. The smallest absolute Gasteiger partial charge is 0.242 e. The minimum atomic E-state index is -0.733. The standard InChI is InChI=1S/C24H38N4O3/c1-17(2)15-21-23(30)26-14-10-5-4-9-13-25-20(16-19-11-7-6-8-12-19)24(31)27-18(3)22(29)28-21/h6-8,11-12,17-18,20-21,25H,4-5,9-10,13-16H2,1-3H3,(H,26,30)(H,27,31)(H,28,29)/t18-,20-,21-/m1/s1. The Balaban J connectivity index is 2.10. The largest absolute Gasteiger partial charge is 0.354 e. The van der Waals surface area contributed by atoms with Gasteiger partial charge in [0.25, 0.3) is 0 Å². The van der Waals surface area contributed by atoms with Crippen LogP contribution in [0.4, 0.5) is 0 Å². The fourth-order valence-electron chi connectivity index (χ4n) is 3.70. The lowest BCUT2D eigenvalue weighted by atomic mass is 10.0. The number of amides is 3. The molecule has 1 aliphatic heterocycles. The first-order valence-corrected chi connectivity index (χ1v) is 11.5. The van der Waals surface area contributed by atoms with Crippen molar-refractivity contribution >= 4 is 17.7 Å². The van der Waals surface area contributed by atoms with Crippen molar-refractivity contribution in [2.75, 3.05) is 13.1 Å². The van der Waals surface area contributed by atoms with Crippen LogP contribution >= 0.6 is 0 Å². The van der Waals surface area contributed by atoms with Crippen LogP contribution in [0.25, 0.3) is 0 Å². The average Bonchev–Trinajstić information content (AvgIpc) is 2.73. The summed E-state index contributed by atoms with van der Waals surface area (Å²) in [6.45, 7) is 7.03. The van der Waals surface area contributed by atoms with E-state index in [4.69, 9.17) is 0 Å². The van der Waals surface area contributed by atoms with Crippen molar-refractivity contribution in [3.8, 4) is 0 Å². The van der Waals surface area contributed by atoms with Gasteiger partial charge in [-0.15, -0.1) is 0 Å². The predicted octanol–water partition coefficient (Wildman–Crippen LogP) is 1.91. The summed E-state index contributed by atoms with van der Waals surface area (Å²) < 4.78 is 0. The van der Waals surface area contributed by atoms with Crippen molar-refractivity contribution < 1.29 is 14.4 Å². The van der Waals surface area contributed by atoms with E-state index in [9.17, 15) is 14.4 Å². The molecule has 7 heteroatoms. The lowest BCUT2D eigenvalue weighted by Gasteiger charge is -2.25. The van der Waals surface area contributed by atoms with E-state index in [0.29, 0.717) is 19.4 Å². The van der Waals surface area contributed by atoms with Crippen LogP contribution < -0.4 is 21.3 Å². The van der Waals surface area contributed by atoms with Crippen molar-refractivity contribution in [2.24, 2.45) is 5.92 Å². The van der Waals surface area contributed by atoms with Gasteiger partial charge in [0.2, 0.25) is 17.7 Å². The number of hydrogen-bond donors (Lipinski definition) is 4. The van der Waals surface area contributed by atoms with Gasteiger partial charge < -0.3 is 21.3 Å². The summed E-state index contributed by atoms with van der Waals surface area (Å²) in [7, 11) is 0. The summed E-state index contributed by atoms with van der Waals surface area (Å²) in [5.41, 5.74) is 1.07. The summed E-state index contributed by atoms with van der Waals surface area (Å²) in [6.07, 6.45) is 5.01. The second-order valence-electron chi connectivity index (χ2n) is 8.82. The minimum Gasteiger partial charge on any atom is -0.354 e. The van der Waals surface area contributed by atoms with E-state index in [0.717, 1.165) is 37.8 Å². The zero-order valence-corrected chi connectivity index (χ0v) is 19.1. The number of benzene rings is 1. The fourth-order valence-corrected chi connectivity index (χ4v) is 3.70. The van der Waals surface area contributed by atoms with Crippen molar-refractivity contribution in [3.05, 3.63) is 35.9 Å². The van der Waals surface area contributed by atoms with Gasteiger partial charge in [-0.1, -0.05) is 57.0 Å². The zero-order valence-electron chi connectivity index (χ0n) is 19.1.